The number of aliphatic hydroxyl groups is 2. The molecule has 0 aromatic heterocycles. The summed E-state index contributed by atoms with van der Waals surface area (Å²) in [6.45, 7) is 1.21. The number of benzene rings is 3. The van der Waals surface area contributed by atoms with Crippen LogP contribution in [0.4, 0.5) is 61.5 Å². The molecule has 0 amide bonds. The zero-order chi connectivity index (χ0) is 46.6. The van der Waals surface area contributed by atoms with Crippen LogP contribution in [0.5, 0.6) is 0 Å². The third-order valence-corrected chi connectivity index (χ3v) is 12.3. The van der Waals surface area contributed by atoms with E-state index in [0.29, 0.717) is 0 Å². The van der Waals surface area contributed by atoms with Gasteiger partial charge in [0.25, 0.3) is 11.2 Å². The minimum Gasteiger partial charge on any atom is -0.743 e. The number of alkyl halides is 14. The highest BCUT2D eigenvalue weighted by molar-refractivity contribution is 7.97. The number of carbonyl (C=O) groups is 1. The van der Waals surface area contributed by atoms with Crippen LogP contribution in [0.2, 0.25) is 0 Å². The van der Waals surface area contributed by atoms with Crippen molar-refractivity contribution in [3.05, 3.63) is 103 Å². The van der Waals surface area contributed by atoms with E-state index in [1.54, 1.807) is 0 Å². The highest BCUT2D eigenvalue weighted by Crippen LogP contribution is 2.58. The van der Waals surface area contributed by atoms with E-state index in [-0.39, 0.29) is 10.9 Å². The molecule has 2 N–H and O–H groups in total. The maximum absolute atomic E-state index is 13.4. The lowest BCUT2D eigenvalue weighted by molar-refractivity contribution is -0.405. The van der Waals surface area contributed by atoms with Gasteiger partial charge in [0.15, 0.2) is 24.8 Å². The average Bonchev–Trinajstić information content (AvgIpc) is 3.13. The van der Waals surface area contributed by atoms with Gasteiger partial charge in [0.1, 0.15) is 12.7 Å². The SMILES string of the molecule is C=C(COCC(F)(F)S(=O)(=O)[O-])C(=O)OC1CC(C(O)(C(F)(F)F)C(F)(F)F)CC(C(O)(C(F)(F)F)C(F)(F)F)C1.Cc1ccc([S+](c2ccccc2)c2ccccc2)cc1. The van der Waals surface area contributed by atoms with E-state index in [1.807, 2.05) is 0 Å². The summed E-state index contributed by atoms with van der Waals surface area (Å²) in [5.74, 6) is -9.34. The molecular weight excluding hydrogens is 903 g/mol. The van der Waals surface area contributed by atoms with Crippen LogP contribution in [0.25, 0.3) is 0 Å². The van der Waals surface area contributed by atoms with Gasteiger partial charge in [0.2, 0.25) is 0 Å². The molecule has 0 heterocycles. The van der Waals surface area contributed by atoms with Crippen LogP contribution in [0.15, 0.2) is 112 Å². The molecule has 8 nitrogen and oxygen atoms in total. The van der Waals surface area contributed by atoms with Gasteiger partial charge in [-0.05, 0) is 62.6 Å². The van der Waals surface area contributed by atoms with E-state index in [0.717, 1.165) is 0 Å². The van der Waals surface area contributed by atoms with E-state index in [2.05, 4.69) is 108 Å². The summed E-state index contributed by atoms with van der Waals surface area (Å²) in [6, 6.07) is 30.4. The Labute approximate surface area is 341 Å². The Kier molecular flexibility index (Phi) is 15.8. The molecule has 1 saturated carbocycles. The summed E-state index contributed by atoms with van der Waals surface area (Å²) in [7, 11) is -6.32. The van der Waals surface area contributed by atoms with Gasteiger partial charge in [-0.25, -0.2) is 13.2 Å². The van der Waals surface area contributed by atoms with E-state index in [4.69, 9.17) is 0 Å². The van der Waals surface area contributed by atoms with Crippen molar-refractivity contribution >= 4 is 27.0 Å². The molecular formula is C37H34F14O8S2. The number of aryl methyl sites for hydroxylation is 1. The number of esters is 1. The van der Waals surface area contributed by atoms with Gasteiger partial charge >= 0.3 is 35.9 Å². The molecule has 0 radical (unpaired) electrons. The lowest BCUT2D eigenvalue weighted by Crippen LogP contribution is -2.67. The molecule has 2 atom stereocenters. The maximum atomic E-state index is 13.4. The fourth-order valence-corrected chi connectivity index (χ4v) is 8.46. The minimum absolute atomic E-state index is 0.0229. The molecule has 0 spiro atoms. The topological polar surface area (TPSA) is 133 Å². The molecule has 61 heavy (non-hydrogen) atoms. The van der Waals surface area contributed by atoms with Crippen molar-refractivity contribution in [3.63, 3.8) is 0 Å². The second-order valence-corrected chi connectivity index (χ2v) is 17.1. The Morgan fingerprint density at radius 3 is 1.38 bits per heavy atom. The highest BCUT2D eigenvalue weighted by Gasteiger charge is 2.78. The molecule has 340 valence electrons. The van der Waals surface area contributed by atoms with Gasteiger partial charge in [-0.1, -0.05) is 60.7 Å². The van der Waals surface area contributed by atoms with Crippen molar-refractivity contribution in [2.75, 3.05) is 13.2 Å². The van der Waals surface area contributed by atoms with Crippen molar-refractivity contribution in [2.24, 2.45) is 11.8 Å². The van der Waals surface area contributed by atoms with Gasteiger partial charge in [-0.2, -0.15) is 61.5 Å². The van der Waals surface area contributed by atoms with E-state index < -0.39 is 113 Å². The highest BCUT2D eigenvalue weighted by atomic mass is 32.2. The quantitative estimate of drug-likeness (QED) is 0.0606. The molecule has 0 bridgehead atoms. The predicted molar refractivity (Wildman–Crippen MR) is 186 cm³/mol. The molecule has 3 aromatic rings. The number of carbonyl (C=O) groups excluding carboxylic acids is 1. The first-order valence-corrected chi connectivity index (χ1v) is 19.7. The Bertz CT molecular complexity index is 1930. The van der Waals surface area contributed by atoms with Gasteiger partial charge in [-0.15, -0.1) is 0 Å². The lowest BCUT2D eigenvalue weighted by atomic mass is 9.65. The minimum atomic E-state index is -6.77. The van der Waals surface area contributed by atoms with Gasteiger partial charge in [0, 0.05) is 11.8 Å². The fraction of sp³-hybridized carbons (Fsp3) is 0.432. The van der Waals surface area contributed by atoms with Crippen LogP contribution in [0.3, 0.4) is 0 Å². The Hall–Kier alpha value is -3.97. The van der Waals surface area contributed by atoms with Crippen LogP contribution in [-0.4, -0.2) is 89.6 Å². The van der Waals surface area contributed by atoms with Crippen molar-refractivity contribution in [1.82, 2.24) is 0 Å². The standard InChI is InChI=1S/C19H17S.C18H18F14O8S/c1-16-12-14-19(15-13-16)20(17-8-4-2-5-9-17)18-10-6-3-7-11-18;1-7(5-39-6-12(19,20)41(36,37)38)11(33)40-10-3-8(13(34,15(21,22)23)16(24,25)26)2-9(4-10)14(35,17(27,28)29)18(30,31)32/h2-15H,1H3;8-10,34-35H,1-6H2,(H,36,37,38)/q+1;/p-1. The summed E-state index contributed by atoms with van der Waals surface area (Å²) < 4.78 is 226. The van der Waals surface area contributed by atoms with E-state index >= 15 is 0 Å². The van der Waals surface area contributed by atoms with Crippen LogP contribution in [-0.2, 0) is 35.3 Å². The van der Waals surface area contributed by atoms with Crippen LogP contribution in [0.1, 0.15) is 24.8 Å². The maximum Gasteiger partial charge on any atom is 0.426 e. The summed E-state index contributed by atoms with van der Waals surface area (Å²) in [4.78, 5) is 16.2. The number of hydrogen-bond acceptors (Lipinski definition) is 8. The third-order valence-electron chi connectivity index (χ3n) is 9.26. The predicted octanol–water partition coefficient (Wildman–Crippen LogP) is 8.83. The Morgan fingerprint density at radius 1 is 0.672 bits per heavy atom. The monoisotopic (exact) mass is 936 g/mol. The smallest absolute Gasteiger partial charge is 0.426 e. The van der Waals surface area contributed by atoms with Gasteiger partial charge in [0.05, 0.1) is 23.1 Å². The first-order chi connectivity index (χ1) is 27.7. The largest absolute Gasteiger partial charge is 0.743 e. The van der Waals surface area contributed by atoms with Crippen molar-refractivity contribution in [3.8, 4) is 0 Å². The Balaban J connectivity index is 0.000000407. The first-order valence-electron chi connectivity index (χ1n) is 17.1. The summed E-state index contributed by atoms with van der Waals surface area (Å²) in [6.07, 6.45) is -36.0. The Morgan fingerprint density at radius 2 is 1.03 bits per heavy atom. The summed E-state index contributed by atoms with van der Waals surface area (Å²) >= 11 is 0. The van der Waals surface area contributed by atoms with E-state index in [9.17, 15) is 89.4 Å². The van der Waals surface area contributed by atoms with Crippen LogP contribution >= 0.6 is 0 Å². The van der Waals surface area contributed by atoms with Crippen molar-refractivity contribution < 1.29 is 98.9 Å². The number of ether oxygens (including phenoxy) is 2. The molecule has 24 heteroatoms. The number of hydrogen-bond donors (Lipinski definition) is 2. The fourth-order valence-electron chi connectivity index (χ4n) is 6.15. The number of halogens is 14. The first kappa shape index (κ1) is 51.4. The summed E-state index contributed by atoms with van der Waals surface area (Å²) in [5.41, 5.74) is -11.9. The van der Waals surface area contributed by atoms with Crippen molar-refractivity contribution in [1.29, 1.82) is 0 Å². The molecule has 1 aliphatic rings. The molecule has 2 unspecified atom stereocenters. The van der Waals surface area contributed by atoms with Crippen LogP contribution in [0, 0.1) is 18.8 Å². The average molecular weight is 937 g/mol. The normalized spacial score (nSPS) is 18.6. The molecule has 1 aliphatic carbocycles. The number of rotatable bonds is 12. The zero-order valence-electron chi connectivity index (χ0n) is 31.0. The molecule has 3 aromatic carbocycles. The van der Waals surface area contributed by atoms with Gasteiger partial charge in [-0.3, -0.25) is 0 Å². The molecule has 1 fully saturated rings. The second kappa shape index (κ2) is 18.8. The molecule has 0 aliphatic heterocycles. The zero-order valence-corrected chi connectivity index (χ0v) is 32.6. The van der Waals surface area contributed by atoms with Crippen LogP contribution < -0.4 is 0 Å². The lowest BCUT2D eigenvalue weighted by Gasteiger charge is -2.48. The summed E-state index contributed by atoms with van der Waals surface area (Å²) in [5, 5.41) is 14.1. The third kappa shape index (κ3) is 11.7. The second-order valence-electron chi connectivity index (χ2n) is 13.6. The van der Waals surface area contributed by atoms with Gasteiger partial charge < -0.3 is 24.2 Å². The molecule has 4 rings (SSSR count). The van der Waals surface area contributed by atoms with Crippen molar-refractivity contribution in [2.45, 2.75) is 88.1 Å². The van der Waals surface area contributed by atoms with E-state index in [1.165, 1.54) is 20.2 Å². The molecule has 0 saturated heterocycles.